The van der Waals surface area contributed by atoms with Gasteiger partial charge >= 0.3 is 6.18 Å². The first kappa shape index (κ1) is 22.1. The van der Waals surface area contributed by atoms with Crippen molar-refractivity contribution in [1.29, 1.82) is 0 Å². The van der Waals surface area contributed by atoms with Crippen molar-refractivity contribution in [2.75, 3.05) is 14.1 Å². The summed E-state index contributed by atoms with van der Waals surface area (Å²) in [6.07, 6.45) is -4.42. The smallest absolute Gasteiger partial charge is 0.355 e. The van der Waals surface area contributed by atoms with Crippen molar-refractivity contribution in [2.45, 2.75) is 12.7 Å². The molecule has 3 aromatic rings. The van der Waals surface area contributed by atoms with Crippen molar-refractivity contribution < 1.29 is 22.8 Å². The Morgan fingerprint density at radius 2 is 1.52 bits per heavy atom. The summed E-state index contributed by atoms with van der Waals surface area (Å²) in [7, 11) is 3.20. The minimum absolute atomic E-state index is 0.193. The van der Waals surface area contributed by atoms with Crippen molar-refractivity contribution in [3.05, 3.63) is 95.1 Å². The lowest BCUT2D eigenvalue weighted by molar-refractivity contribution is -0.137. The Morgan fingerprint density at radius 3 is 2.10 bits per heavy atom. The number of carbonyl (C=O) groups is 2. The van der Waals surface area contributed by atoms with Crippen LogP contribution in [0.4, 0.5) is 13.2 Å². The second kappa shape index (κ2) is 9.04. The number of rotatable bonds is 5. The highest BCUT2D eigenvalue weighted by atomic mass is 19.4. The molecule has 3 rings (SSSR count). The summed E-state index contributed by atoms with van der Waals surface area (Å²) in [4.78, 5) is 26.2. The van der Waals surface area contributed by atoms with E-state index in [1.165, 1.54) is 17.0 Å². The van der Waals surface area contributed by atoms with Crippen molar-refractivity contribution >= 4 is 11.8 Å². The van der Waals surface area contributed by atoms with E-state index >= 15 is 0 Å². The number of amides is 2. The molecule has 0 atom stereocenters. The zero-order valence-corrected chi connectivity index (χ0v) is 17.0. The molecule has 0 saturated heterocycles. The van der Waals surface area contributed by atoms with Gasteiger partial charge in [-0.05, 0) is 47.0 Å². The number of benzene rings is 3. The number of carbonyl (C=O) groups excluding carboxylic acids is 2. The summed E-state index contributed by atoms with van der Waals surface area (Å²) in [5.41, 5.74) is 2.11. The van der Waals surface area contributed by atoms with E-state index in [1.807, 2.05) is 0 Å². The maximum atomic E-state index is 13.1. The van der Waals surface area contributed by atoms with Crippen LogP contribution in [0.15, 0.2) is 72.8 Å². The van der Waals surface area contributed by atoms with Gasteiger partial charge in [-0.3, -0.25) is 9.59 Å². The molecule has 0 unspecified atom stereocenters. The van der Waals surface area contributed by atoms with E-state index in [0.29, 0.717) is 28.8 Å². The van der Waals surface area contributed by atoms with Gasteiger partial charge in [0.2, 0.25) is 0 Å². The predicted octanol–water partition coefficient (Wildman–Crippen LogP) is 5.00. The van der Waals surface area contributed by atoms with Crippen LogP contribution in [0.5, 0.6) is 0 Å². The molecular formula is C24H21F3N2O2. The van der Waals surface area contributed by atoms with E-state index in [9.17, 15) is 22.8 Å². The Hall–Kier alpha value is -3.61. The van der Waals surface area contributed by atoms with E-state index in [4.69, 9.17) is 0 Å². The lowest BCUT2D eigenvalue weighted by atomic mass is 9.97. The summed E-state index contributed by atoms with van der Waals surface area (Å²) in [5.74, 6) is -0.452. The normalized spacial score (nSPS) is 11.1. The van der Waals surface area contributed by atoms with Crippen LogP contribution in [0.1, 0.15) is 31.8 Å². The number of hydrogen-bond donors (Lipinski definition) is 1. The molecular weight excluding hydrogens is 405 g/mol. The summed E-state index contributed by atoms with van der Waals surface area (Å²) in [6, 6.07) is 18.5. The molecule has 0 radical (unpaired) electrons. The Bertz CT molecular complexity index is 1080. The molecule has 0 aliphatic carbocycles. The minimum Gasteiger partial charge on any atom is -0.355 e. The average molecular weight is 426 g/mol. The van der Waals surface area contributed by atoms with Crippen LogP contribution in [0.2, 0.25) is 0 Å². The molecule has 0 spiro atoms. The molecule has 0 aliphatic rings. The Labute approximate surface area is 178 Å². The molecule has 0 heterocycles. The lowest BCUT2D eigenvalue weighted by Crippen LogP contribution is -2.26. The van der Waals surface area contributed by atoms with Crippen LogP contribution < -0.4 is 5.32 Å². The number of hydrogen-bond acceptors (Lipinski definition) is 2. The van der Waals surface area contributed by atoms with Crippen LogP contribution in [-0.2, 0) is 12.7 Å². The number of nitrogens with one attached hydrogen (secondary N) is 1. The molecule has 0 bridgehead atoms. The van der Waals surface area contributed by atoms with Crippen molar-refractivity contribution in [3.8, 4) is 11.1 Å². The van der Waals surface area contributed by atoms with Crippen LogP contribution in [0.3, 0.4) is 0 Å². The number of alkyl halides is 3. The summed E-state index contributed by atoms with van der Waals surface area (Å²) < 4.78 is 38.5. The largest absolute Gasteiger partial charge is 0.416 e. The fourth-order valence-electron chi connectivity index (χ4n) is 3.22. The van der Waals surface area contributed by atoms with Gasteiger partial charge in [0.15, 0.2) is 0 Å². The summed E-state index contributed by atoms with van der Waals surface area (Å²) >= 11 is 0. The molecule has 4 nitrogen and oxygen atoms in total. The average Bonchev–Trinajstić information content (AvgIpc) is 2.78. The first-order valence-corrected chi connectivity index (χ1v) is 9.54. The third-order valence-corrected chi connectivity index (χ3v) is 4.89. The van der Waals surface area contributed by atoms with Crippen LogP contribution in [0.25, 0.3) is 11.1 Å². The Morgan fingerprint density at radius 1 is 0.903 bits per heavy atom. The monoisotopic (exact) mass is 426 g/mol. The molecule has 7 heteroatoms. The van der Waals surface area contributed by atoms with Crippen LogP contribution in [0, 0.1) is 0 Å². The second-order valence-corrected chi connectivity index (χ2v) is 7.06. The Balaban J connectivity index is 1.81. The topological polar surface area (TPSA) is 49.4 Å². The van der Waals surface area contributed by atoms with E-state index in [-0.39, 0.29) is 11.8 Å². The molecule has 0 aliphatic heterocycles. The van der Waals surface area contributed by atoms with Gasteiger partial charge in [0.1, 0.15) is 0 Å². The van der Waals surface area contributed by atoms with Crippen molar-refractivity contribution in [3.63, 3.8) is 0 Å². The molecule has 0 fully saturated rings. The third kappa shape index (κ3) is 5.12. The summed E-state index contributed by atoms with van der Waals surface area (Å²) in [5, 5.41) is 2.55. The zero-order chi connectivity index (χ0) is 22.6. The maximum absolute atomic E-state index is 13.1. The summed E-state index contributed by atoms with van der Waals surface area (Å²) in [6.45, 7) is 0.314. The maximum Gasteiger partial charge on any atom is 0.416 e. The van der Waals surface area contributed by atoms with Crippen molar-refractivity contribution in [1.82, 2.24) is 10.2 Å². The van der Waals surface area contributed by atoms with Gasteiger partial charge < -0.3 is 10.2 Å². The third-order valence-electron chi connectivity index (χ3n) is 4.89. The zero-order valence-electron chi connectivity index (χ0n) is 17.0. The Kier molecular flexibility index (Phi) is 6.44. The van der Waals surface area contributed by atoms with Crippen molar-refractivity contribution in [2.24, 2.45) is 0 Å². The molecule has 1 N–H and O–H groups in total. The fraction of sp³-hybridized carbons (Fsp3) is 0.167. The number of nitrogens with zero attached hydrogens (tertiary/aromatic N) is 1. The van der Waals surface area contributed by atoms with Gasteiger partial charge in [-0.2, -0.15) is 13.2 Å². The predicted molar refractivity (Wildman–Crippen MR) is 113 cm³/mol. The first-order chi connectivity index (χ1) is 14.7. The quantitative estimate of drug-likeness (QED) is 0.624. The highest BCUT2D eigenvalue weighted by Gasteiger charge is 2.30. The van der Waals surface area contributed by atoms with Crippen LogP contribution >= 0.6 is 0 Å². The van der Waals surface area contributed by atoms with Gasteiger partial charge in [-0.15, -0.1) is 0 Å². The minimum atomic E-state index is -4.42. The van der Waals surface area contributed by atoms with Gasteiger partial charge in [0, 0.05) is 31.8 Å². The SMILES string of the molecule is CNC(=O)c1ccc(CN(C)C(=O)c2ccccc2-c2ccc(C(F)(F)F)cc2)cc1. The molecule has 160 valence electrons. The van der Waals surface area contributed by atoms with Gasteiger partial charge in [0.25, 0.3) is 11.8 Å². The molecule has 31 heavy (non-hydrogen) atoms. The van der Waals surface area contributed by atoms with E-state index in [0.717, 1.165) is 17.7 Å². The highest BCUT2D eigenvalue weighted by molar-refractivity contribution is 6.00. The van der Waals surface area contributed by atoms with Crippen LogP contribution in [-0.4, -0.2) is 30.8 Å². The van der Waals surface area contributed by atoms with Gasteiger partial charge in [-0.25, -0.2) is 0 Å². The van der Waals surface area contributed by atoms with Gasteiger partial charge in [-0.1, -0.05) is 42.5 Å². The second-order valence-electron chi connectivity index (χ2n) is 7.06. The highest BCUT2D eigenvalue weighted by Crippen LogP contribution is 2.32. The van der Waals surface area contributed by atoms with E-state index in [1.54, 1.807) is 62.6 Å². The van der Waals surface area contributed by atoms with Gasteiger partial charge in [0.05, 0.1) is 5.56 Å². The molecule has 0 aromatic heterocycles. The molecule has 0 saturated carbocycles. The van der Waals surface area contributed by atoms with E-state index < -0.39 is 11.7 Å². The van der Waals surface area contributed by atoms with E-state index in [2.05, 4.69) is 5.32 Å². The molecule has 2 amide bonds. The lowest BCUT2D eigenvalue weighted by Gasteiger charge is -2.20. The standard InChI is InChI=1S/C24H21F3N2O2/c1-28-22(30)18-9-7-16(8-10-18)15-29(2)23(31)21-6-4-3-5-20(21)17-11-13-19(14-12-17)24(25,26)27/h3-14H,15H2,1-2H3,(H,28,30). The first-order valence-electron chi connectivity index (χ1n) is 9.54. The number of halogens is 3. The fourth-order valence-corrected chi connectivity index (χ4v) is 3.22. The molecule has 3 aromatic carbocycles.